The maximum atomic E-state index is 12.6. The molecular weight excluding hydrogens is 514 g/mol. The Hall–Kier alpha value is -1.56. The fraction of sp³-hybridized carbons (Fsp3) is 0.474. The quantitative estimate of drug-likeness (QED) is 0.208. The Bertz CT molecular complexity index is 737. The summed E-state index contributed by atoms with van der Waals surface area (Å²) < 4.78 is 37.8. The highest BCUT2D eigenvalue weighted by Gasteiger charge is 2.33. The zero-order valence-electron chi connectivity index (χ0n) is 16.5. The molecule has 2 aromatic rings. The molecule has 1 aromatic carbocycles. The molecule has 0 aliphatic rings. The number of alkyl halides is 3. The van der Waals surface area contributed by atoms with Crippen molar-refractivity contribution in [3.05, 3.63) is 46.4 Å². The van der Waals surface area contributed by atoms with Gasteiger partial charge in [0.05, 0.1) is 6.54 Å². The largest absolute Gasteiger partial charge is 0.434 e. The topological polar surface area (TPSA) is 52.6 Å². The number of nitrogens with zero attached hydrogens (tertiary/aromatic N) is 3. The van der Waals surface area contributed by atoms with Crippen LogP contribution in [0.25, 0.3) is 0 Å². The van der Waals surface area contributed by atoms with E-state index in [1.807, 2.05) is 25.1 Å². The average molecular weight is 541 g/mol. The first-order chi connectivity index (χ1) is 13.4. The van der Waals surface area contributed by atoms with Crippen molar-refractivity contribution in [2.75, 3.05) is 31.6 Å². The van der Waals surface area contributed by atoms with Crippen molar-refractivity contribution in [2.45, 2.75) is 32.5 Å². The second-order valence-corrected chi connectivity index (χ2v) is 7.15. The van der Waals surface area contributed by atoms with Crippen molar-refractivity contribution in [1.29, 1.82) is 0 Å². The van der Waals surface area contributed by atoms with Gasteiger partial charge in [0, 0.05) is 37.7 Å². The molecule has 29 heavy (non-hydrogen) atoms. The number of aromatic nitrogens is 1. The van der Waals surface area contributed by atoms with Gasteiger partial charge in [0.15, 0.2) is 11.7 Å². The summed E-state index contributed by atoms with van der Waals surface area (Å²) in [5, 5.41) is 7.68. The summed E-state index contributed by atoms with van der Waals surface area (Å²) in [4.78, 5) is 10.1. The fourth-order valence-electron chi connectivity index (χ4n) is 2.49. The monoisotopic (exact) mass is 541 g/mol. The molecule has 2 N–H and O–H groups in total. The van der Waals surface area contributed by atoms with Gasteiger partial charge in [0.1, 0.15) is 5.01 Å². The fourth-order valence-corrected chi connectivity index (χ4v) is 3.22. The van der Waals surface area contributed by atoms with E-state index in [1.54, 1.807) is 0 Å². The summed E-state index contributed by atoms with van der Waals surface area (Å²) in [6.45, 7) is 4.41. The minimum Gasteiger partial charge on any atom is -0.375 e. The van der Waals surface area contributed by atoms with Gasteiger partial charge in [-0.15, -0.1) is 35.3 Å². The predicted octanol–water partition coefficient (Wildman–Crippen LogP) is 4.75. The van der Waals surface area contributed by atoms with Crippen LogP contribution in [-0.2, 0) is 12.7 Å². The molecule has 0 spiro atoms. The molecule has 1 aromatic heterocycles. The van der Waals surface area contributed by atoms with Crippen LogP contribution in [0.1, 0.15) is 30.5 Å². The molecule has 0 bridgehead atoms. The average Bonchev–Trinajstić information content (AvgIpc) is 3.16. The van der Waals surface area contributed by atoms with E-state index in [4.69, 9.17) is 0 Å². The van der Waals surface area contributed by atoms with Crippen molar-refractivity contribution in [1.82, 2.24) is 15.6 Å². The van der Waals surface area contributed by atoms with Crippen molar-refractivity contribution in [3.8, 4) is 0 Å². The molecule has 162 valence electrons. The number of benzene rings is 1. The van der Waals surface area contributed by atoms with Crippen LogP contribution in [0.2, 0.25) is 0 Å². The molecule has 1 heterocycles. The van der Waals surface area contributed by atoms with Gasteiger partial charge in [-0.25, -0.2) is 9.98 Å². The van der Waals surface area contributed by atoms with Crippen LogP contribution in [-0.4, -0.2) is 37.6 Å². The zero-order chi connectivity index (χ0) is 20.4. The normalized spacial score (nSPS) is 11.7. The predicted molar refractivity (Wildman–Crippen MR) is 124 cm³/mol. The van der Waals surface area contributed by atoms with Crippen molar-refractivity contribution in [3.63, 3.8) is 0 Å². The van der Waals surface area contributed by atoms with Gasteiger partial charge in [-0.3, -0.25) is 0 Å². The van der Waals surface area contributed by atoms with E-state index in [-0.39, 0.29) is 30.5 Å². The molecule has 0 radical (unpaired) electrons. The van der Waals surface area contributed by atoms with Crippen LogP contribution in [0.15, 0.2) is 40.7 Å². The number of hydrogen-bond donors (Lipinski definition) is 2. The number of guanidine groups is 1. The van der Waals surface area contributed by atoms with Gasteiger partial charge < -0.3 is 15.5 Å². The summed E-state index contributed by atoms with van der Waals surface area (Å²) in [7, 11) is 2.07. The first kappa shape index (κ1) is 25.5. The first-order valence-electron chi connectivity index (χ1n) is 9.20. The number of hydrogen-bond acceptors (Lipinski definition) is 4. The van der Waals surface area contributed by atoms with Crippen molar-refractivity contribution >= 4 is 47.0 Å². The molecule has 2 rings (SSSR count). The Morgan fingerprint density at radius 2 is 1.90 bits per heavy atom. The standard InChI is InChI=1S/C19H26F3N5S.HI/c1-3-23-18(25-13-17-26-16(14-28-17)19(20,21)22)24-11-7-8-12-27(2)15-9-5-4-6-10-15;/h4-6,9-10,14H,3,7-8,11-13H2,1-2H3,(H2,23,24,25);1H. The molecule has 0 unspecified atom stereocenters. The highest BCUT2D eigenvalue weighted by Crippen LogP contribution is 2.30. The number of rotatable bonds is 9. The van der Waals surface area contributed by atoms with Gasteiger partial charge in [0.25, 0.3) is 0 Å². The van der Waals surface area contributed by atoms with E-state index in [0.29, 0.717) is 17.5 Å². The Labute approximate surface area is 190 Å². The Kier molecular flexibility index (Phi) is 11.3. The molecule has 0 saturated carbocycles. The first-order valence-corrected chi connectivity index (χ1v) is 10.1. The highest BCUT2D eigenvalue weighted by molar-refractivity contribution is 14.0. The number of unbranched alkanes of at least 4 members (excludes halogenated alkanes) is 1. The molecule has 10 heteroatoms. The molecule has 0 atom stereocenters. The van der Waals surface area contributed by atoms with Gasteiger partial charge in [-0.1, -0.05) is 18.2 Å². The van der Waals surface area contributed by atoms with Gasteiger partial charge >= 0.3 is 6.18 Å². The molecule has 0 aliphatic heterocycles. The van der Waals surface area contributed by atoms with Crippen LogP contribution >= 0.6 is 35.3 Å². The summed E-state index contributed by atoms with van der Waals surface area (Å²) in [6, 6.07) is 10.2. The summed E-state index contributed by atoms with van der Waals surface area (Å²) in [5.74, 6) is 0.586. The minimum absolute atomic E-state index is 0. The van der Waals surface area contributed by atoms with Crippen molar-refractivity contribution in [2.24, 2.45) is 4.99 Å². The number of nitrogens with one attached hydrogen (secondary N) is 2. The second-order valence-electron chi connectivity index (χ2n) is 6.21. The van der Waals surface area contributed by atoms with Gasteiger partial charge in [-0.05, 0) is 31.9 Å². The lowest BCUT2D eigenvalue weighted by Gasteiger charge is -2.19. The second kappa shape index (κ2) is 12.9. The van der Waals surface area contributed by atoms with E-state index in [2.05, 4.69) is 44.7 Å². The van der Waals surface area contributed by atoms with E-state index >= 15 is 0 Å². The van der Waals surface area contributed by atoms with E-state index in [1.165, 1.54) is 5.69 Å². The molecule has 0 aliphatic carbocycles. The smallest absolute Gasteiger partial charge is 0.375 e. The number of para-hydroxylation sites is 1. The number of halogens is 4. The lowest BCUT2D eigenvalue weighted by molar-refractivity contribution is -0.140. The number of anilines is 1. The van der Waals surface area contributed by atoms with Crippen molar-refractivity contribution < 1.29 is 13.2 Å². The molecular formula is C19H27F3IN5S. The summed E-state index contributed by atoms with van der Waals surface area (Å²) in [6.07, 6.45) is -2.44. The third-order valence-corrected chi connectivity index (χ3v) is 4.80. The van der Waals surface area contributed by atoms with Crippen LogP contribution in [0.3, 0.4) is 0 Å². The minimum atomic E-state index is -4.41. The van der Waals surface area contributed by atoms with Crippen LogP contribution in [0, 0.1) is 0 Å². The van der Waals surface area contributed by atoms with Gasteiger partial charge in [-0.2, -0.15) is 13.2 Å². The Morgan fingerprint density at radius 3 is 2.52 bits per heavy atom. The van der Waals surface area contributed by atoms with Crippen LogP contribution in [0.4, 0.5) is 18.9 Å². The molecule has 5 nitrogen and oxygen atoms in total. The van der Waals surface area contributed by atoms with Crippen LogP contribution < -0.4 is 15.5 Å². The molecule has 0 fully saturated rings. The van der Waals surface area contributed by atoms with E-state index < -0.39 is 11.9 Å². The highest BCUT2D eigenvalue weighted by atomic mass is 127. The van der Waals surface area contributed by atoms with E-state index in [9.17, 15) is 13.2 Å². The SMILES string of the molecule is CCNC(=NCc1nc(C(F)(F)F)cs1)NCCCCN(C)c1ccccc1.I. The van der Waals surface area contributed by atoms with Gasteiger partial charge in [0.2, 0.25) is 0 Å². The third kappa shape index (κ3) is 9.20. The Morgan fingerprint density at radius 1 is 1.17 bits per heavy atom. The lowest BCUT2D eigenvalue weighted by atomic mass is 10.2. The molecule has 0 saturated heterocycles. The maximum Gasteiger partial charge on any atom is 0.434 e. The maximum absolute atomic E-state index is 12.6. The lowest BCUT2D eigenvalue weighted by Crippen LogP contribution is -2.38. The van der Waals surface area contributed by atoms with E-state index in [0.717, 1.165) is 42.6 Å². The molecule has 0 amide bonds. The summed E-state index contributed by atoms with van der Waals surface area (Å²) in [5.41, 5.74) is 0.329. The number of thiazole rings is 1. The third-order valence-electron chi connectivity index (χ3n) is 3.97. The van der Waals surface area contributed by atoms with Crippen LogP contribution in [0.5, 0.6) is 0 Å². The summed E-state index contributed by atoms with van der Waals surface area (Å²) >= 11 is 0.970. The number of aliphatic imine (C=N–C) groups is 1. The zero-order valence-corrected chi connectivity index (χ0v) is 19.6. The Balaban J connectivity index is 0.00000420.